The maximum absolute atomic E-state index is 10.8. The summed E-state index contributed by atoms with van der Waals surface area (Å²) in [7, 11) is 0. The Kier molecular flexibility index (Phi) is 4.49. The van der Waals surface area contributed by atoms with E-state index in [1.54, 1.807) is 0 Å². The van der Waals surface area contributed by atoms with E-state index in [1.165, 1.54) is 18.2 Å². The maximum atomic E-state index is 10.8. The standard InChI is InChI=1S/C11H8ClNO4/c12-5-1-2-8-3-4-9(7-11(14)15)10(6-8)13(16)17/h3-4,6H,5,7H2,(H,14,15). The van der Waals surface area contributed by atoms with Gasteiger partial charge in [0.1, 0.15) is 0 Å². The second-order valence-electron chi connectivity index (χ2n) is 3.11. The molecule has 0 bridgehead atoms. The number of carboxylic acid groups (broad SMARTS) is 1. The number of nitro benzene ring substituents is 1. The number of hydrogen-bond acceptors (Lipinski definition) is 3. The molecule has 1 rings (SSSR count). The highest BCUT2D eigenvalue weighted by atomic mass is 35.5. The third-order valence-electron chi connectivity index (χ3n) is 1.92. The van der Waals surface area contributed by atoms with Crippen molar-refractivity contribution in [1.82, 2.24) is 0 Å². The zero-order valence-electron chi connectivity index (χ0n) is 8.64. The molecule has 0 saturated carbocycles. The number of hydrogen-bond donors (Lipinski definition) is 1. The smallest absolute Gasteiger partial charge is 0.308 e. The molecule has 0 spiro atoms. The van der Waals surface area contributed by atoms with E-state index in [0.29, 0.717) is 5.56 Å². The average Bonchev–Trinajstić information content (AvgIpc) is 2.26. The summed E-state index contributed by atoms with van der Waals surface area (Å²) in [6.07, 6.45) is -0.389. The van der Waals surface area contributed by atoms with Gasteiger partial charge in [-0.15, -0.1) is 11.6 Å². The summed E-state index contributed by atoms with van der Waals surface area (Å²) >= 11 is 5.37. The van der Waals surface area contributed by atoms with E-state index in [0.717, 1.165) is 0 Å². The van der Waals surface area contributed by atoms with Crippen molar-refractivity contribution >= 4 is 23.3 Å². The van der Waals surface area contributed by atoms with Crippen molar-refractivity contribution in [3.63, 3.8) is 0 Å². The Balaban J connectivity index is 3.17. The second kappa shape index (κ2) is 5.87. The minimum Gasteiger partial charge on any atom is -0.481 e. The van der Waals surface area contributed by atoms with Gasteiger partial charge in [0, 0.05) is 17.2 Å². The molecule has 0 amide bonds. The maximum Gasteiger partial charge on any atom is 0.308 e. The van der Waals surface area contributed by atoms with Gasteiger partial charge >= 0.3 is 5.97 Å². The number of carbonyl (C=O) groups is 1. The Bertz CT molecular complexity index is 516. The fourth-order valence-electron chi connectivity index (χ4n) is 1.26. The Morgan fingerprint density at radius 2 is 2.24 bits per heavy atom. The van der Waals surface area contributed by atoms with Crippen LogP contribution in [0.25, 0.3) is 0 Å². The number of aliphatic carboxylic acids is 1. The zero-order valence-corrected chi connectivity index (χ0v) is 9.40. The quantitative estimate of drug-likeness (QED) is 0.386. The summed E-state index contributed by atoms with van der Waals surface area (Å²) < 4.78 is 0. The lowest BCUT2D eigenvalue weighted by Crippen LogP contribution is -2.04. The molecule has 88 valence electrons. The third-order valence-corrected chi connectivity index (χ3v) is 2.06. The number of rotatable bonds is 3. The van der Waals surface area contributed by atoms with Crippen LogP contribution in [0, 0.1) is 22.0 Å². The molecule has 0 aliphatic rings. The first-order valence-corrected chi connectivity index (χ1v) is 5.12. The predicted molar refractivity (Wildman–Crippen MR) is 62.0 cm³/mol. The number of carboxylic acids is 1. The summed E-state index contributed by atoms with van der Waals surface area (Å²) in [5.74, 6) is 4.22. The van der Waals surface area contributed by atoms with Crippen molar-refractivity contribution in [2.75, 3.05) is 5.88 Å². The number of nitro groups is 1. The molecule has 0 fully saturated rings. The van der Waals surface area contributed by atoms with Gasteiger partial charge < -0.3 is 5.11 Å². The molecule has 0 atom stereocenters. The number of benzene rings is 1. The number of alkyl halides is 1. The summed E-state index contributed by atoms with van der Waals surface area (Å²) in [5, 5.41) is 19.4. The van der Waals surface area contributed by atoms with Crippen LogP contribution in [0.15, 0.2) is 18.2 Å². The first kappa shape index (κ1) is 13.0. The lowest BCUT2D eigenvalue weighted by molar-refractivity contribution is -0.385. The molecule has 0 aliphatic heterocycles. The van der Waals surface area contributed by atoms with Gasteiger partial charge in [-0.25, -0.2) is 0 Å². The van der Waals surface area contributed by atoms with Gasteiger partial charge in [0.2, 0.25) is 0 Å². The molecule has 1 aromatic carbocycles. The van der Waals surface area contributed by atoms with E-state index >= 15 is 0 Å². The molecule has 0 unspecified atom stereocenters. The third kappa shape index (κ3) is 3.78. The fourth-order valence-corrected chi connectivity index (χ4v) is 1.33. The number of halogens is 1. The molecule has 17 heavy (non-hydrogen) atoms. The van der Waals surface area contributed by atoms with Gasteiger partial charge in [0.25, 0.3) is 5.69 Å². The van der Waals surface area contributed by atoms with Crippen LogP contribution in [-0.4, -0.2) is 21.9 Å². The minimum atomic E-state index is -1.12. The summed E-state index contributed by atoms with van der Waals surface area (Å²) in [6, 6.07) is 4.17. The number of nitrogens with zero attached hydrogens (tertiary/aromatic N) is 1. The van der Waals surface area contributed by atoms with Crippen LogP contribution < -0.4 is 0 Å². The topological polar surface area (TPSA) is 80.4 Å². The van der Waals surface area contributed by atoms with E-state index in [1.807, 2.05) is 0 Å². The van der Waals surface area contributed by atoms with Crippen LogP contribution in [0.1, 0.15) is 11.1 Å². The molecule has 6 heteroatoms. The SMILES string of the molecule is O=C(O)Cc1ccc(C#CCCl)cc1[N+](=O)[O-]. The van der Waals surface area contributed by atoms with E-state index in [9.17, 15) is 14.9 Å². The van der Waals surface area contributed by atoms with Crippen LogP contribution in [0.5, 0.6) is 0 Å². The monoisotopic (exact) mass is 253 g/mol. The lowest BCUT2D eigenvalue weighted by atomic mass is 10.1. The largest absolute Gasteiger partial charge is 0.481 e. The minimum absolute atomic E-state index is 0.130. The molecule has 0 heterocycles. The van der Waals surface area contributed by atoms with Crippen molar-refractivity contribution < 1.29 is 14.8 Å². The fraction of sp³-hybridized carbons (Fsp3) is 0.182. The van der Waals surface area contributed by atoms with Gasteiger partial charge in [0.05, 0.1) is 17.2 Å². The second-order valence-corrected chi connectivity index (χ2v) is 3.37. The van der Waals surface area contributed by atoms with Gasteiger partial charge in [-0.3, -0.25) is 14.9 Å². The van der Waals surface area contributed by atoms with E-state index < -0.39 is 10.9 Å². The summed E-state index contributed by atoms with van der Waals surface area (Å²) in [4.78, 5) is 20.7. The molecule has 0 saturated heterocycles. The van der Waals surface area contributed by atoms with Crippen LogP contribution in [0.2, 0.25) is 0 Å². The van der Waals surface area contributed by atoms with Crippen LogP contribution in [0.3, 0.4) is 0 Å². The van der Waals surface area contributed by atoms with Crippen LogP contribution in [0.4, 0.5) is 5.69 Å². The Morgan fingerprint density at radius 1 is 1.53 bits per heavy atom. The van der Waals surface area contributed by atoms with Crippen LogP contribution in [-0.2, 0) is 11.2 Å². The summed E-state index contributed by atoms with van der Waals surface area (Å²) in [6.45, 7) is 0. The highest BCUT2D eigenvalue weighted by molar-refractivity contribution is 6.19. The Hall–Kier alpha value is -2.06. The van der Waals surface area contributed by atoms with Crippen molar-refractivity contribution in [2.45, 2.75) is 6.42 Å². The van der Waals surface area contributed by atoms with Gasteiger partial charge in [-0.05, 0) is 6.07 Å². The van der Waals surface area contributed by atoms with E-state index in [2.05, 4.69) is 11.8 Å². The molecule has 1 aromatic rings. The van der Waals surface area contributed by atoms with E-state index in [-0.39, 0.29) is 23.6 Å². The molecule has 1 N–H and O–H groups in total. The van der Waals surface area contributed by atoms with Crippen molar-refractivity contribution in [3.05, 3.63) is 39.4 Å². The molecule has 5 nitrogen and oxygen atoms in total. The van der Waals surface area contributed by atoms with E-state index in [4.69, 9.17) is 16.7 Å². The molecule has 0 aliphatic carbocycles. The zero-order chi connectivity index (χ0) is 12.8. The van der Waals surface area contributed by atoms with Crippen molar-refractivity contribution in [2.24, 2.45) is 0 Å². The average molecular weight is 254 g/mol. The lowest BCUT2D eigenvalue weighted by Gasteiger charge is -2.00. The first-order chi connectivity index (χ1) is 8.04. The van der Waals surface area contributed by atoms with Gasteiger partial charge in [-0.2, -0.15) is 0 Å². The summed E-state index contributed by atoms with van der Waals surface area (Å²) in [5.41, 5.74) is 0.346. The van der Waals surface area contributed by atoms with Crippen molar-refractivity contribution in [1.29, 1.82) is 0 Å². The highest BCUT2D eigenvalue weighted by Crippen LogP contribution is 2.20. The van der Waals surface area contributed by atoms with Crippen LogP contribution >= 0.6 is 11.6 Å². The van der Waals surface area contributed by atoms with Gasteiger partial charge in [-0.1, -0.05) is 17.9 Å². The first-order valence-electron chi connectivity index (χ1n) is 4.58. The van der Waals surface area contributed by atoms with Crippen molar-refractivity contribution in [3.8, 4) is 11.8 Å². The Labute approximate surface area is 102 Å². The van der Waals surface area contributed by atoms with Gasteiger partial charge in [0.15, 0.2) is 0 Å². The molecular weight excluding hydrogens is 246 g/mol. The molecule has 0 radical (unpaired) electrons. The predicted octanol–water partition coefficient (Wildman–Crippen LogP) is 1.81. The molecule has 0 aromatic heterocycles. The normalized spacial score (nSPS) is 9.24. The Morgan fingerprint density at radius 3 is 2.76 bits per heavy atom. The highest BCUT2D eigenvalue weighted by Gasteiger charge is 2.16. The molecular formula is C11H8ClNO4.